The Balaban J connectivity index is 1.86. The third-order valence-corrected chi connectivity index (χ3v) is 3.72. The lowest BCUT2D eigenvalue weighted by atomic mass is 10.3. The first kappa shape index (κ1) is 14.0. The molecule has 1 aromatic heterocycles. The van der Waals surface area contributed by atoms with Crippen molar-refractivity contribution in [2.75, 3.05) is 6.54 Å². The Morgan fingerprint density at radius 3 is 3.05 bits per heavy atom. The van der Waals surface area contributed by atoms with Crippen LogP contribution in [0.1, 0.15) is 18.8 Å². The summed E-state index contributed by atoms with van der Waals surface area (Å²) < 4.78 is 0. The average Bonchev–Trinajstić information content (AvgIpc) is 2.97. The average molecular weight is 321 g/mol. The highest BCUT2D eigenvalue weighted by Gasteiger charge is 2.22. The van der Waals surface area contributed by atoms with Gasteiger partial charge < -0.3 is 10.2 Å². The number of thiocarbonyl (C=S) groups is 1. The summed E-state index contributed by atoms with van der Waals surface area (Å²) in [6.45, 7) is 2.72. The fourth-order valence-electron chi connectivity index (χ4n) is 2.00. The third kappa shape index (κ3) is 2.88. The topological polar surface area (TPSA) is 58.9 Å². The van der Waals surface area contributed by atoms with Gasteiger partial charge in [-0.3, -0.25) is 0 Å². The number of aromatic nitrogens is 4. The van der Waals surface area contributed by atoms with Gasteiger partial charge in [0.2, 0.25) is 0 Å². The Bertz CT molecular complexity index is 697. The molecule has 6 nitrogen and oxygen atoms in total. The minimum absolute atomic E-state index is 0.102. The molecule has 0 aliphatic carbocycles. The molecule has 0 spiro atoms. The van der Waals surface area contributed by atoms with Crippen molar-refractivity contribution in [2.45, 2.75) is 13.0 Å². The minimum atomic E-state index is -0.102. The summed E-state index contributed by atoms with van der Waals surface area (Å²) in [5.41, 5.74) is 0.767. The van der Waals surface area contributed by atoms with Crippen molar-refractivity contribution in [3.05, 3.63) is 47.4 Å². The standard InChI is InChI=1S/C13H13ClN6S/c1-9(19-7-3-6-15-13(19)21)12-16-18-20(17-12)11-5-2-4-10(14)8-11/h2-5,7-9H,6H2,1H3,(H,15,21). The molecular weight excluding hydrogens is 308 g/mol. The first-order valence-corrected chi connectivity index (χ1v) is 7.22. The number of hydrogen-bond acceptors (Lipinski definition) is 4. The highest BCUT2D eigenvalue weighted by Crippen LogP contribution is 2.19. The van der Waals surface area contributed by atoms with Crippen LogP contribution in [0.4, 0.5) is 0 Å². The van der Waals surface area contributed by atoms with Gasteiger partial charge in [-0.2, -0.15) is 0 Å². The van der Waals surface area contributed by atoms with Crippen molar-refractivity contribution < 1.29 is 0 Å². The van der Waals surface area contributed by atoms with Gasteiger partial charge in [0.25, 0.3) is 0 Å². The van der Waals surface area contributed by atoms with Crippen LogP contribution < -0.4 is 5.32 Å². The molecule has 21 heavy (non-hydrogen) atoms. The molecule has 0 radical (unpaired) electrons. The Morgan fingerprint density at radius 2 is 2.29 bits per heavy atom. The van der Waals surface area contributed by atoms with E-state index in [0.717, 1.165) is 12.2 Å². The largest absolute Gasteiger partial charge is 0.359 e. The van der Waals surface area contributed by atoms with Gasteiger partial charge in [-0.1, -0.05) is 17.7 Å². The summed E-state index contributed by atoms with van der Waals surface area (Å²) in [6, 6.07) is 7.19. The quantitative estimate of drug-likeness (QED) is 0.874. The molecule has 3 rings (SSSR count). The van der Waals surface area contributed by atoms with E-state index in [1.165, 1.54) is 4.80 Å². The number of rotatable bonds is 3. The van der Waals surface area contributed by atoms with Gasteiger partial charge in [-0.15, -0.1) is 15.0 Å². The van der Waals surface area contributed by atoms with Crippen molar-refractivity contribution in [2.24, 2.45) is 0 Å². The summed E-state index contributed by atoms with van der Waals surface area (Å²) in [4.78, 5) is 3.36. The van der Waals surface area contributed by atoms with Crippen LogP contribution in [0.5, 0.6) is 0 Å². The highest BCUT2D eigenvalue weighted by molar-refractivity contribution is 7.80. The lowest BCUT2D eigenvalue weighted by Gasteiger charge is -2.29. The number of nitrogens with zero attached hydrogens (tertiary/aromatic N) is 5. The fourth-order valence-corrected chi connectivity index (χ4v) is 2.49. The molecule has 0 amide bonds. The first-order chi connectivity index (χ1) is 10.1. The van der Waals surface area contributed by atoms with Gasteiger partial charge in [-0.05, 0) is 48.6 Å². The lowest BCUT2D eigenvalue weighted by Crippen LogP contribution is -2.41. The molecule has 0 fully saturated rings. The maximum Gasteiger partial charge on any atom is 0.197 e. The summed E-state index contributed by atoms with van der Waals surface area (Å²) >= 11 is 11.3. The molecule has 2 heterocycles. The zero-order chi connectivity index (χ0) is 14.8. The van der Waals surface area contributed by atoms with E-state index < -0.39 is 0 Å². The third-order valence-electron chi connectivity index (χ3n) is 3.13. The van der Waals surface area contributed by atoms with Crippen LogP contribution in [0.25, 0.3) is 5.69 Å². The second kappa shape index (κ2) is 5.79. The van der Waals surface area contributed by atoms with Crippen LogP contribution >= 0.6 is 23.8 Å². The van der Waals surface area contributed by atoms with E-state index in [-0.39, 0.29) is 6.04 Å². The normalized spacial score (nSPS) is 15.9. The SMILES string of the molecule is CC(c1nnn(-c2cccc(Cl)c2)n1)N1C=CCNC1=S. The predicted molar refractivity (Wildman–Crippen MR) is 84.2 cm³/mol. The van der Waals surface area contributed by atoms with Crippen molar-refractivity contribution in [1.29, 1.82) is 0 Å². The smallest absolute Gasteiger partial charge is 0.197 e. The molecule has 0 bridgehead atoms. The number of benzene rings is 1. The minimum Gasteiger partial charge on any atom is -0.359 e. The van der Waals surface area contributed by atoms with Crippen molar-refractivity contribution in [3.63, 3.8) is 0 Å². The van der Waals surface area contributed by atoms with Crippen LogP contribution in [0.3, 0.4) is 0 Å². The van der Waals surface area contributed by atoms with Crippen LogP contribution in [0.2, 0.25) is 5.02 Å². The molecule has 1 aliphatic rings. The maximum atomic E-state index is 5.97. The second-order valence-electron chi connectivity index (χ2n) is 4.57. The molecule has 0 saturated carbocycles. The summed E-state index contributed by atoms with van der Waals surface area (Å²) in [5.74, 6) is 0.589. The Morgan fingerprint density at radius 1 is 1.43 bits per heavy atom. The first-order valence-electron chi connectivity index (χ1n) is 6.44. The molecule has 1 N–H and O–H groups in total. The molecule has 0 saturated heterocycles. The van der Waals surface area contributed by atoms with E-state index in [4.69, 9.17) is 23.8 Å². The van der Waals surface area contributed by atoms with Crippen molar-refractivity contribution in [1.82, 2.24) is 30.4 Å². The zero-order valence-electron chi connectivity index (χ0n) is 11.3. The number of nitrogens with one attached hydrogen (secondary N) is 1. The lowest BCUT2D eigenvalue weighted by molar-refractivity contribution is 0.409. The summed E-state index contributed by atoms with van der Waals surface area (Å²) in [6.07, 6.45) is 3.93. The van der Waals surface area contributed by atoms with E-state index in [0.29, 0.717) is 16.0 Å². The molecule has 1 aliphatic heterocycles. The number of halogens is 1. The Hall–Kier alpha value is -1.99. The second-order valence-corrected chi connectivity index (χ2v) is 5.39. The van der Waals surface area contributed by atoms with Gasteiger partial charge in [0.05, 0.1) is 11.7 Å². The maximum absolute atomic E-state index is 5.97. The van der Waals surface area contributed by atoms with E-state index in [1.807, 2.05) is 36.2 Å². The monoisotopic (exact) mass is 320 g/mol. The summed E-state index contributed by atoms with van der Waals surface area (Å²) in [7, 11) is 0. The highest BCUT2D eigenvalue weighted by atomic mass is 35.5. The molecular formula is C13H13ClN6S. The molecule has 1 aromatic carbocycles. The van der Waals surface area contributed by atoms with E-state index in [9.17, 15) is 0 Å². The van der Waals surface area contributed by atoms with Crippen LogP contribution in [-0.2, 0) is 0 Å². The van der Waals surface area contributed by atoms with Gasteiger partial charge >= 0.3 is 0 Å². The number of hydrogen-bond donors (Lipinski definition) is 1. The van der Waals surface area contributed by atoms with Crippen LogP contribution in [0.15, 0.2) is 36.5 Å². The van der Waals surface area contributed by atoms with Crippen molar-refractivity contribution in [3.8, 4) is 5.69 Å². The Kier molecular flexibility index (Phi) is 3.85. The van der Waals surface area contributed by atoms with Gasteiger partial charge in [-0.25, -0.2) is 0 Å². The molecule has 108 valence electrons. The van der Waals surface area contributed by atoms with Crippen LogP contribution in [-0.4, -0.2) is 36.8 Å². The van der Waals surface area contributed by atoms with E-state index in [1.54, 1.807) is 12.1 Å². The van der Waals surface area contributed by atoms with E-state index >= 15 is 0 Å². The zero-order valence-corrected chi connectivity index (χ0v) is 12.8. The van der Waals surface area contributed by atoms with E-state index in [2.05, 4.69) is 20.7 Å². The van der Waals surface area contributed by atoms with Crippen molar-refractivity contribution >= 4 is 28.9 Å². The molecule has 8 heteroatoms. The molecule has 1 unspecified atom stereocenters. The summed E-state index contributed by atoms with van der Waals surface area (Å²) in [5, 5.41) is 17.0. The predicted octanol–water partition coefficient (Wildman–Crippen LogP) is 2.08. The molecule has 1 atom stereocenters. The van der Waals surface area contributed by atoms with Gasteiger partial charge in [0.15, 0.2) is 10.9 Å². The van der Waals surface area contributed by atoms with Gasteiger partial charge in [0, 0.05) is 17.8 Å². The number of tetrazole rings is 1. The van der Waals surface area contributed by atoms with Crippen LogP contribution in [0, 0.1) is 0 Å². The fraction of sp³-hybridized carbons (Fsp3) is 0.231. The molecule has 2 aromatic rings. The van der Waals surface area contributed by atoms with Gasteiger partial charge in [0.1, 0.15) is 0 Å². The Labute approximate surface area is 132 Å².